The maximum absolute atomic E-state index is 11.3. The van der Waals surface area contributed by atoms with Crippen LogP contribution in [0, 0.1) is 0 Å². The number of hydrogen-bond donors (Lipinski definition) is 0. The highest BCUT2D eigenvalue weighted by Crippen LogP contribution is 2.31. The number of nitrogens with zero attached hydrogens (tertiary/aromatic N) is 2. The molecule has 1 aromatic heterocycles. The molecule has 132 valence electrons. The first-order valence-electron chi connectivity index (χ1n) is 8.01. The van der Waals surface area contributed by atoms with Crippen molar-refractivity contribution >= 4 is 23.2 Å². The van der Waals surface area contributed by atoms with E-state index >= 15 is 0 Å². The van der Waals surface area contributed by atoms with Crippen molar-refractivity contribution in [1.29, 1.82) is 0 Å². The lowest BCUT2D eigenvalue weighted by atomic mass is 10.1. The monoisotopic (exact) mass is 388 g/mol. The van der Waals surface area contributed by atoms with Crippen LogP contribution in [0.2, 0.25) is 10.0 Å². The number of aromatic nitrogens is 2. The van der Waals surface area contributed by atoms with E-state index < -0.39 is 0 Å². The van der Waals surface area contributed by atoms with Gasteiger partial charge in [0.05, 0.1) is 6.54 Å². The van der Waals surface area contributed by atoms with Crippen LogP contribution in [0.5, 0.6) is 11.8 Å². The number of rotatable bonds is 4. The van der Waals surface area contributed by atoms with Crippen LogP contribution in [-0.4, -0.2) is 22.3 Å². The van der Waals surface area contributed by atoms with Crippen molar-refractivity contribution in [3.63, 3.8) is 0 Å². The topological polar surface area (TPSA) is 53.4 Å². The van der Waals surface area contributed by atoms with E-state index in [2.05, 4.69) is 4.98 Å². The summed E-state index contributed by atoms with van der Waals surface area (Å²) in [7, 11) is 0. The van der Waals surface area contributed by atoms with Crippen LogP contribution in [-0.2, 0) is 6.54 Å². The van der Waals surface area contributed by atoms with Crippen LogP contribution in [0.3, 0.4) is 0 Å². The van der Waals surface area contributed by atoms with Gasteiger partial charge in [0, 0.05) is 27.9 Å². The molecule has 0 fully saturated rings. The van der Waals surface area contributed by atoms with Crippen LogP contribution in [0.4, 0.5) is 0 Å². The minimum Gasteiger partial charge on any atom is -0.490 e. The van der Waals surface area contributed by atoms with Gasteiger partial charge in [0.15, 0.2) is 6.10 Å². The molecule has 1 atom stereocenters. The quantitative estimate of drug-likeness (QED) is 0.676. The third-order valence-corrected chi connectivity index (χ3v) is 4.60. The maximum atomic E-state index is 11.3. The SMILES string of the molecule is O=c1ccn2c(n1)O[C@H](COc1ccc(-c3ccc(Cl)cc3Cl)cc1)C2. The summed E-state index contributed by atoms with van der Waals surface area (Å²) in [6.07, 6.45) is 1.49. The van der Waals surface area contributed by atoms with E-state index in [0.29, 0.717) is 29.2 Å². The van der Waals surface area contributed by atoms with Crippen LogP contribution >= 0.6 is 23.2 Å². The molecule has 0 radical (unpaired) electrons. The molecule has 2 heterocycles. The Morgan fingerprint density at radius 1 is 1.15 bits per heavy atom. The fraction of sp³-hybridized carbons (Fsp3) is 0.158. The summed E-state index contributed by atoms with van der Waals surface area (Å²) in [6.45, 7) is 0.958. The van der Waals surface area contributed by atoms with Gasteiger partial charge < -0.3 is 9.47 Å². The predicted molar refractivity (Wildman–Crippen MR) is 100 cm³/mol. The summed E-state index contributed by atoms with van der Waals surface area (Å²) in [6, 6.07) is 14.8. The minimum atomic E-state index is -0.311. The molecule has 0 unspecified atom stereocenters. The lowest BCUT2D eigenvalue weighted by Crippen LogP contribution is -2.23. The summed E-state index contributed by atoms with van der Waals surface area (Å²) in [5.41, 5.74) is 1.58. The van der Waals surface area contributed by atoms with Gasteiger partial charge in [-0.25, -0.2) is 0 Å². The first kappa shape index (κ1) is 16.9. The van der Waals surface area contributed by atoms with Crippen LogP contribution in [0.1, 0.15) is 0 Å². The standard InChI is InChI=1S/C19H14Cl2N2O3/c20-13-3-6-16(17(21)9-13)12-1-4-14(5-2-12)25-11-15-10-23-8-7-18(24)22-19(23)26-15/h1-9,15H,10-11H2/t15-/m0/s1. The number of fused-ring (bicyclic) bond motifs is 1. The summed E-state index contributed by atoms with van der Waals surface area (Å²) in [4.78, 5) is 15.1. The van der Waals surface area contributed by atoms with Gasteiger partial charge in [-0.1, -0.05) is 41.4 Å². The van der Waals surface area contributed by atoms with E-state index in [9.17, 15) is 4.79 Å². The Morgan fingerprint density at radius 2 is 1.96 bits per heavy atom. The highest BCUT2D eigenvalue weighted by Gasteiger charge is 2.23. The predicted octanol–water partition coefficient (Wildman–Crippen LogP) is 4.06. The van der Waals surface area contributed by atoms with Crippen molar-refractivity contribution in [3.05, 3.63) is 75.1 Å². The number of ether oxygens (including phenoxy) is 2. The van der Waals surface area contributed by atoms with Crippen molar-refractivity contribution in [3.8, 4) is 22.9 Å². The zero-order valence-corrected chi connectivity index (χ0v) is 15.1. The Balaban J connectivity index is 1.40. The summed E-state index contributed by atoms with van der Waals surface area (Å²) < 4.78 is 13.2. The van der Waals surface area contributed by atoms with E-state index in [1.54, 1.807) is 22.9 Å². The maximum Gasteiger partial charge on any atom is 0.300 e. The fourth-order valence-corrected chi connectivity index (χ4v) is 3.30. The molecule has 5 nitrogen and oxygen atoms in total. The molecule has 0 aliphatic carbocycles. The van der Waals surface area contributed by atoms with Gasteiger partial charge in [-0.05, 0) is 29.8 Å². The van der Waals surface area contributed by atoms with E-state index in [-0.39, 0.29) is 11.7 Å². The third kappa shape index (κ3) is 3.54. The third-order valence-electron chi connectivity index (χ3n) is 4.05. The van der Waals surface area contributed by atoms with Crippen molar-refractivity contribution in [2.45, 2.75) is 12.6 Å². The first-order valence-corrected chi connectivity index (χ1v) is 8.76. The summed E-state index contributed by atoms with van der Waals surface area (Å²) >= 11 is 12.2. The minimum absolute atomic E-state index is 0.185. The second-order valence-electron chi connectivity index (χ2n) is 5.90. The average Bonchev–Trinajstić information content (AvgIpc) is 3.02. The van der Waals surface area contributed by atoms with Gasteiger partial charge in [-0.3, -0.25) is 9.36 Å². The fourth-order valence-electron chi connectivity index (χ4n) is 2.78. The molecule has 0 saturated heterocycles. The molecule has 1 aliphatic rings. The Hall–Kier alpha value is -2.50. The first-order chi connectivity index (χ1) is 12.6. The van der Waals surface area contributed by atoms with E-state index in [1.807, 2.05) is 30.3 Å². The molecule has 7 heteroatoms. The Labute approximate surface area is 159 Å². The smallest absolute Gasteiger partial charge is 0.300 e. The molecule has 4 rings (SSSR count). The van der Waals surface area contributed by atoms with E-state index in [4.69, 9.17) is 32.7 Å². The highest BCUT2D eigenvalue weighted by atomic mass is 35.5. The molecule has 0 N–H and O–H groups in total. The molecule has 2 aromatic carbocycles. The van der Waals surface area contributed by atoms with Crippen LogP contribution in [0.25, 0.3) is 11.1 Å². The van der Waals surface area contributed by atoms with Crippen LogP contribution in [0.15, 0.2) is 59.5 Å². The van der Waals surface area contributed by atoms with Gasteiger partial charge in [-0.2, -0.15) is 4.98 Å². The second-order valence-corrected chi connectivity index (χ2v) is 6.74. The van der Waals surface area contributed by atoms with Gasteiger partial charge in [0.1, 0.15) is 12.4 Å². The molecule has 0 amide bonds. The molecular formula is C19H14Cl2N2O3. The summed E-state index contributed by atoms with van der Waals surface area (Å²) in [5, 5.41) is 1.21. The molecule has 26 heavy (non-hydrogen) atoms. The van der Waals surface area contributed by atoms with Crippen molar-refractivity contribution in [1.82, 2.24) is 9.55 Å². The van der Waals surface area contributed by atoms with Gasteiger partial charge >= 0.3 is 0 Å². The summed E-state index contributed by atoms with van der Waals surface area (Å²) in [5.74, 6) is 0.723. The molecular weight excluding hydrogens is 375 g/mol. The molecule has 3 aromatic rings. The molecule has 1 aliphatic heterocycles. The average molecular weight is 389 g/mol. The lowest BCUT2D eigenvalue weighted by Gasteiger charge is -2.12. The van der Waals surface area contributed by atoms with Crippen molar-refractivity contribution in [2.24, 2.45) is 0 Å². The van der Waals surface area contributed by atoms with Crippen molar-refractivity contribution < 1.29 is 9.47 Å². The Kier molecular flexibility index (Phi) is 4.57. The second kappa shape index (κ2) is 7.02. The van der Waals surface area contributed by atoms with Gasteiger partial charge in [0.25, 0.3) is 11.6 Å². The molecule has 0 spiro atoms. The van der Waals surface area contributed by atoms with E-state index in [1.165, 1.54) is 6.07 Å². The zero-order chi connectivity index (χ0) is 18.1. The van der Waals surface area contributed by atoms with Crippen molar-refractivity contribution in [2.75, 3.05) is 6.61 Å². The number of benzene rings is 2. The number of halogens is 2. The Morgan fingerprint density at radius 3 is 2.73 bits per heavy atom. The van der Waals surface area contributed by atoms with E-state index in [0.717, 1.165) is 16.9 Å². The molecule has 0 bridgehead atoms. The van der Waals surface area contributed by atoms with Gasteiger partial charge in [-0.15, -0.1) is 0 Å². The highest BCUT2D eigenvalue weighted by molar-refractivity contribution is 6.36. The van der Waals surface area contributed by atoms with Crippen LogP contribution < -0.4 is 15.0 Å². The zero-order valence-electron chi connectivity index (χ0n) is 13.6. The number of hydrogen-bond acceptors (Lipinski definition) is 4. The Bertz CT molecular complexity index is 1000. The largest absolute Gasteiger partial charge is 0.490 e. The lowest BCUT2D eigenvalue weighted by molar-refractivity contribution is 0.143. The normalized spacial score (nSPS) is 15.4. The molecule has 0 saturated carbocycles. The van der Waals surface area contributed by atoms with Gasteiger partial charge in [0.2, 0.25) is 0 Å².